The summed E-state index contributed by atoms with van der Waals surface area (Å²) in [7, 11) is -3.02. The van der Waals surface area contributed by atoms with E-state index < -0.39 is 27.2 Å². The Bertz CT molecular complexity index is 984. The number of nitrogens with one attached hydrogen (secondary N) is 2. The second-order valence-corrected chi connectivity index (χ2v) is 11.1. The molecule has 0 saturated heterocycles. The average molecular weight is 489 g/mol. The minimum absolute atomic E-state index is 0.208. The van der Waals surface area contributed by atoms with E-state index in [9.17, 15) is 29.2 Å². The monoisotopic (exact) mass is 488 g/mol. The second-order valence-electron chi connectivity index (χ2n) is 9.26. The van der Waals surface area contributed by atoms with E-state index in [1.807, 2.05) is 13.8 Å². The fourth-order valence-electron chi connectivity index (χ4n) is 4.24. The Balaban J connectivity index is 1.66. The van der Waals surface area contributed by atoms with Gasteiger partial charge in [0.05, 0.1) is 22.8 Å². The predicted octanol–water partition coefficient (Wildman–Crippen LogP) is 4.54. The van der Waals surface area contributed by atoms with Crippen LogP contribution < -0.4 is 15.3 Å². The van der Waals surface area contributed by atoms with Crippen LogP contribution in [0.3, 0.4) is 0 Å². The largest absolute Gasteiger partial charge is 0.617 e. The van der Waals surface area contributed by atoms with Gasteiger partial charge in [-0.3, -0.25) is 23.3 Å². The summed E-state index contributed by atoms with van der Waals surface area (Å²) in [5, 5.41) is 30.2. The number of nitriles is 1. The highest BCUT2D eigenvalue weighted by Crippen LogP contribution is 2.46. The van der Waals surface area contributed by atoms with E-state index >= 15 is 0 Å². The first kappa shape index (κ1) is 25.9. The number of carbonyl (C=O) groups excluding carboxylic acids is 2. The van der Waals surface area contributed by atoms with Gasteiger partial charge in [-0.2, -0.15) is 5.26 Å². The highest BCUT2D eigenvalue weighted by molar-refractivity contribution is 8.29. The lowest BCUT2D eigenvalue weighted by molar-refractivity contribution is -0.127. The summed E-state index contributed by atoms with van der Waals surface area (Å²) in [4.78, 5) is 25.8. The number of hydrogen-bond acceptors (Lipinski definition) is 6. The number of carbonyl (C=O) groups is 2. The van der Waals surface area contributed by atoms with Crippen molar-refractivity contribution < 1.29 is 18.7 Å². The van der Waals surface area contributed by atoms with Gasteiger partial charge >= 0.3 is 0 Å². The zero-order valence-electron chi connectivity index (χ0n) is 19.4. The number of quaternary nitrogens is 1. The summed E-state index contributed by atoms with van der Waals surface area (Å²) in [5.41, 5.74) is 0.658. The van der Waals surface area contributed by atoms with E-state index in [0.717, 1.165) is 36.1 Å². The zero-order valence-corrected chi connectivity index (χ0v) is 20.2. The molecule has 0 aromatic heterocycles. The van der Waals surface area contributed by atoms with E-state index in [-0.39, 0.29) is 23.8 Å². The number of rotatable bonds is 7. The minimum Gasteiger partial charge on any atom is -0.617 e. The van der Waals surface area contributed by atoms with Gasteiger partial charge in [-0.25, -0.2) is 0 Å². The second kappa shape index (κ2) is 10.7. The lowest BCUT2D eigenvalue weighted by Gasteiger charge is -2.39. The van der Waals surface area contributed by atoms with Crippen molar-refractivity contribution in [1.82, 2.24) is 15.3 Å². The van der Waals surface area contributed by atoms with Crippen LogP contribution in [0.5, 0.6) is 0 Å². The van der Waals surface area contributed by atoms with E-state index in [4.69, 9.17) is 0 Å². The molecule has 1 aliphatic carbocycles. The van der Waals surface area contributed by atoms with Crippen molar-refractivity contribution in [1.29, 1.82) is 5.26 Å². The molecule has 184 valence electrons. The van der Waals surface area contributed by atoms with Gasteiger partial charge in [0.1, 0.15) is 24.1 Å². The van der Waals surface area contributed by atoms with Crippen LogP contribution in [0.2, 0.25) is 0 Å². The lowest BCUT2D eigenvalue weighted by Crippen LogP contribution is -2.50. The van der Waals surface area contributed by atoms with E-state index in [1.165, 1.54) is 24.3 Å². The molecule has 0 bridgehead atoms. The van der Waals surface area contributed by atoms with Gasteiger partial charge in [-0.15, -0.1) is 10.6 Å². The minimum atomic E-state index is -3.02. The van der Waals surface area contributed by atoms with Gasteiger partial charge in [0.2, 0.25) is 5.91 Å². The number of nitrogens with zero attached hydrogens (tertiary/aromatic N) is 2. The molecule has 0 radical (unpaired) electrons. The third-order valence-corrected chi connectivity index (χ3v) is 7.14. The Morgan fingerprint density at radius 2 is 1.79 bits per heavy atom. The molecule has 2 amide bonds. The first-order valence-electron chi connectivity index (χ1n) is 11.4. The molecule has 9 nitrogen and oxygen atoms in total. The van der Waals surface area contributed by atoms with Gasteiger partial charge in [-0.1, -0.05) is 26.7 Å². The van der Waals surface area contributed by atoms with Crippen LogP contribution in [0.15, 0.2) is 47.5 Å². The maximum atomic E-state index is 12.9. The predicted molar refractivity (Wildman–Crippen MR) is 133 cm³/mol. The SMILES string of the molecule is CC(C)C[C@@H](C#N)NC(=O)[C@@H]1CCCC[C@@H]1NC(=O)c1ccc([N+]2([O-])C=CS(O)(O)C=C2)cc1. The van der Waals surface area contributed by atoms with Crippen molar-refractivity contribution in [3.8, 4) is 6.07 Å². The van der Waals surface area contributed by atoms with Crippen LogP contribution >= 0.6 is 10.6 Å². The molecular formula is C24H32N4O5S. The van der Waals surface area contributed by atoms with Gasteiger partial charge < -0.3 is 15.8 Å². The molecule has 0 unspecified atom stereocenters. The first-order chi connectivity index (χ1) is 16.0. The molecule has 3 rings (SSSR count). The number of hydroxylamine groups is 2. The fourth-order valence-corrected chi connectivity index (χ4v) is 5.05. The summed E-state index contributed by atoms with van der Waals surface area (Å²) >= 11 is 0. The molecule has 1 fully saturated rings. The first-order valence-corrected chi connectivity index (χ1v) is 13.1. The number of benzene rings is 1. The molecule has 1 heterocycles. The van der Waals surface area contributed by atoms with E-state index in [0.29, 0.717) is 30.5 Å². The van der Waals surface area contributed by atoms with Crippen molar-refractivity contribution in [2.75, 3.05) is 0 Å². The van der Waals surface area contributed by atoms with Crippen LogP contribution in [0.25, 0.3) is 0 Å². The van der Waals surface area contributed by atoms with Crippen molar-refractivity contribution in [2.24, 2.45) is 11.8 Å². The summed E-state index contributed by atoms with van der Waals surface area (Å²) in [6, 6.07) is 7.34. The number of amides is 2. The smallest absolute Gasteiger partial charge is 0.251 e. The van der Waals surface area contributed by atoms with Gasteiger partial charge in [0.25, 0.3) is 5.91 Å². The van der Waals surface area contributed by atoms with Crippen LogP contribution in [0, 0.1) is 28.4 Å². The van der Waals surface area contributed by atoms with Gasteiger partial charge in [0.15, 0.2) is 0 Å². The molecule has 10 heteroatoms. The van der Waals surface area contributed by atoms with E-state index in [1.54, 1.807) is 0 Å². The summed E-state index contributed by atoms with van der Waals surface area (Å²) in [6.45, 7) is 3.99. The molecule has 4 N–H and O–H groups in total. The molecule has 1 aromatic carbocycles. The van der Waals surface area contributed by atoms with Crippen LogP contribution in [-0.2, 0) is 4.79 Å². The molecular weight excluding hydrogens is 456 g/mol. The van der Waals surface area contributed by atoms with Crippen molar-refractivity contribution >= 4 is 28.1 Å². The number of hydrogen-bond donors (Lipinski definition) is 4. The van der Waals surface area contributed by atoms with Crippen molar-refractivity contribution in [3.05, 3.63) is 58.3 Å². The summed E-state index contributed by atoms with van der Waals surface area (Å²) in [6.07, 6.45) is 5.95. The Hall–Kier alpha value is -2.68. The molecule has 1 aliphatic heterocycles. The molecule has 1 saturated carbocycles. The van der Waals surface area contributed by atoms with Gasteiger partial charge in [0, 0.05) is 23.7 Å². The molecule has 0 spiro atoms. The molecule has 1 aromatic rings. The van der Waals surface area contributed by atoms with Gasteiger partial charge in [-0.05, 0) is 37.3 Å². The Kier molecular flexibility index (Phi) is 8.17. The highest BCUT2D eigenvalue weighted by atomic mass is 32.3. The van der Waals surface area contributed by atoms with Crippen LogP contribution in [0.4, 0.5) is 5.69 Å². The Morgan fingerprint density at radius 1 is 1.18 bits per heavy atom. The highest BCUT2D eigenvalue weighted by Gasteiger charge is 2.33. The van der Waals surface area contributed by atoms with Crippen molar-refractivity contribution in [2.45, 2.75) is 58.0 Å². The Labute approximate surface area is 201 Å². The summed E-state index contributed by atoms with van der Waals surface area (Å²) in [5.74, 6) is -0.678. The average Bonchev–Trinajstić information content (AvgIpc) is 2.81. The van der Waals surface area contributed by atoms with Crippen LogP contribution in [-0.4, -0.2) is 33.0 Å². The Morgan fingerprint density at radius 3 is 2.38 bits per heavy atom. The summed E-state index contributed by atoms with van der Waals surface area (Å²) < 4.78 is 18.2. The normalized spacial score (nSPS) is 24.6. The third-order valence-electron chi connectivity index (χ3n) is 6.10. The molecule has 3 atom stereocenters. The standard InChI is InChI=1S/C24H32N4O5S/c1-17(2)15-19(16-25)26-24(30)21-5-3-4-6-22(21)27-23(29)18-7-9-20(10-8-18)28(31)11-13-34(32,33)14-12-28/h7-14,17,19,21-22,32-33H,3-6,15H2,1-2H3,(H,26,30)(H,27,29)/t19-,21+,22-/m0/s1. The van der Waals surface area contributed by atoms with Crippen LogP contribution in [0.1, 0.15) is 56.3 Å². The molecule has 2 aliphatic rings. The fraction of sp³-hybridized carbons (Fsp3) is 0.458. The third kappa shape index (κ3) is 6.46. The van der Waals surface area contributed by atoms with Crippen molar-refractivity contribution in [3.63, 3.8) is 0 Å². The topological polar surface area (TPSA) is 146 Å². The maximum absolute atomic E-state index is 12.9. The lowest BCUT2D eigenvalue weighted by atomic mass is 9.83. The zero-order chi connectivity index (χ0) is 24.9. The van der Waals surface area contributed by atoms with E-state index in [2.05, 4.69) is 16.7 Å². The molecule has 34 heavy (non-hydrogen) atoms. The quantitative estimate of drug-likeness (QED) is 0.327. The maximum Gasteiger partial charge on any atom is 0.251 e.